The molecule has 1 aromatic carbocycles. The van der Waals surface area contributed by atoms with E-state index in [9.17, 15) is 0 Å². The van der Waals surface area contributed by atoms with E-state index in [2.05, 4.69) is 62.9 Å². The summed E-state index contributed by atoms with van der Waals surface area (Å²) in [5, 5.41) is 3.45. The Labute approximate surface area is 142 Å². The number of hydrogen-bond donors (Lipinski definition) is 1. The molecule has 1 aromatic heterocycles. The molecule has 0 saturated carbocycles. The zero-order valence-corrected chi connectivity index (χ0v) is 15.5. The lowest BCUT2D eigenvalue weighted by Gasteiger charge is -2.21. The molecule has 5 heteroatoms. The highest BCUT2D eigenvalue weighted by Crippen LogP contribution is 2.33. The minimum absolute atomic E-state index is 0.0469. The molecule has 0 aliphatic heterocycles. The molecule has 0 aliphatic rings. The Bertz CT molecular complexity index is 624. The van der Waals surface area contributed by atoms with E-state index in [1.165, 1.54) is 0 Å². The van der Waals surface area contributed by atoms with E-state index in [4.69, 9.17) is 4.74 Å². The Morgan fingerprint density at radius 3 is 2.57 bits per heavy atom. The van der Waals surface area contributed by atoms with Gasteiger partial charge in [0.15, 0.2) is 0 Å². The maximum Gasteiger partial charge on any atom is 0.141 e. The summed E-state index contributed by atoms with van der Waals surface area (Å²) in [5.74, 6) is 1.59. The van der Waals surface area contributed by atoms with Crippen molar-refractivity contribution in [3.8, 4) is 11.5 Å². The molecule has 0 saturated heterocycles. The zero-order chi connectivity index (χ0) is 15.5. The topological polar surface area (TPSA) is 34.2 Å². The number of rotatable bonds is 4. The van der Waals surface area contributed by atoms with Crippen LogP contribution in [0.15, 0.2) is 45.6 Å². The van der Waals surface area contributed by atoms with Gasteiger partial charge in [0.2, 0.25) is 0 Å². The molecule has 112 valence electrons. The third kappa shape index (κ3) is 5.09. The SMILES string of the molecule is CC(C)(C)NCc1cnccc1Oc1ccc(Br)cc1Br. The van der Waals surface area contributed by atoms with Crippen LogP contribution in [0.3, 0.4) is 0 Å². The molecule has 0 radical (unpaired) electrons. The van der Waals surface area contributed by atoms with E-state index >= 15 is 0 Å². The number of benzene rings is 1. The second kappa shape index (κ2) is 6.90. The minimum Gasteiger partial charge on any atom is -0.456 e. The van der Waals surface area contributed by atoms with Gasteiger partial charge in [-0.15, -0.1) is 0 Å². The molecule has 0 fully saturated rings. The van der Waals surface area contributed by atoms with E-state index in [1.807, 2.05) is 30.5 Å². The van der Waals surface area contributed by atoms with Crippen molar-refractivity contribution in [1.29, 1.82) is 0 Å². The predicted molar refractivity (Wildman–Crippen MR) is 92.7 cm³/mol. The number of ether oxygens (including phenoxy) is 1. The van der Waals surface area contributed by atoms with Crippen molar-refractivity contribution in [1.82, 2.24) is 10.3 Å². The Morgan fingerprint density at radius 2 is 1.90 bits per heavy atom. The van der Waals surface area contributed by atoms with Crippen LogP contribution in [-0.2, 0) is 6.54 Å². The van der Waals surface area contributed by atoms with Crippen LogP contribution in [0.1, 0.15) is 26.3 Å². The summed E-state index contributed by atoms with van der Waals surface area (Å²) in [6.07, 6.45) is 3.57. The lowest BCUT2D eigenvalue weighted by atomic mass is 10.1. The Hall–Kier alpha value is -0.910. The zero-order valence-electron chi connectivity index (χ0n) is 12.3. The van der Waals surface area contributed by atoms with Gasteiger partial charge in [-0.25, -0.2) is 0 Å². The summed E-state index contributed by atoms with van der Waals surface area (Å²) in [5.41, 5.74) is 1.08. The van der Waals surface area contributed by atoms with E-state index in [-0.39, 0.29) is 5.54 Å². The summed E-state index contributed by atoms with van der Waals surface area (Å²) in [7, 11) is 0. The molecule has 3 nitrogen and oxygen atoms in total. The lowest BCUT2D eigenvalue weighted by molar-refractivity contribution is 0.413. The molecule has 1 heterocycles. The van der Waals surface area contributed by atoms with Crippen molar-refractivity contribution < 1.29 is 4.74 Å². The van der Waals surface area contributed by atoms with Crippen LogP contribution in [-0.4, -0.2) is 10.5 Å². The van der Waals surface area contributed by atoms with Crippen molar-refractivity contribution in [2.75, 3.05) is 0 Å². The number of hydrogen-bond acceptors (Lipinski definition) is 3. The normalized spacial score (nSPS) is 11.5. The van der Waals surface area contributed by atoms with E-state index < -0.39 is 0 Å². The van der Waals surface area contributed by atoms with Crippen molar-refractivity contribution in [2.24, 2.45) is 0 Å². The Kier molecular flexibility index (Phi) is 5.41. The highest BCUT2D eigenvalue weighted by Gasteiger charge is 2.12. The smallest absolute Gasteiger partial charge is 0.141 e. The molecule has 2 rings (SSSR count). The largest absolute Gasteiger partial charge is 0.456 e. The van der Waals surface area contributed by atoms with Gasteiger partial charge in [0.05, 0.1) is 4.47 Å². The first-order chi connectivity index (χ1) is 9.85. The molecule has 0 unspecified atom stereocenters. The standard InChI is InChI=1S/C16H18Br2N2O/c1-16(2,3)20-10-11-9-19-7-6-14(11)21-15-5-4-12(17)8-13(15)18/h4-9,20H,10H2,1-3H3. The number of pyridine rings is 1. The van der Waals surface area contributed by atoms with Crippen LogP contribution in [0.4, 0.5) is 0 Å². The summed E-state index contributed by atoms with van der Waals surface area (Å²) >= 11 is 6.95. The van der Waals surface area contributed by atoms with Crippen LogP contribution < -0.4 is 10.1 Å². The molecule has 0 atom stereocenters. The molecular formula is C16H18Br2N2O. The number of nitrogens with zero attached hydrogens (tertiary/aromatic N) is 1. The first-order valence-corrected chi connectivity index (χ1v) is 8.24. The van der Waals surface area contributed by atoms with Gasteiger partial charge in [-0.05, 0) is 61.0 Å². The fraction of sp³-hybridized carbons (Fsp3) is 0.312. The predicted octanol–water partition coefficient (Wildman–Crippen LogP) is 5.29. The van der Waals surface area contributed by atoms with Gasteiger partial charge in [-0.2, -0.15) is 0 Å². The van der Waals surface area contributed by atoms with Crippen LogP contribution in [0, 0.1) is 0 Å². The van der Waals surface area contributed by atoms with Gasteiger partial charge in [0.1, 0.15) is 11.5 Å². The van der Waals surface area contributed by atoms with E-state index in [1.54, 1.807) is 6.20 Å². The molecule has 21 heavy (non-hydrogen) atoms. The molecule has 0 bridgehead atoms. The van der Waals surface area contributed by atoms with Gasteiger partial charge in [-0.1, -0.05) is 15.9 Å². The number of nitrogens with one attached hydrogen (secondary N) is 1. The molecule has 2 aromatic rings. The minimum atomic E-state index is 0.0469. The molecular weight excluding hydrogens is 396 g/mol. The molecule has 0 aliphatic carbocycles. The number of aromatic nitrogens is 1. The van der Waals surface area contributed by atoms with Crippen molar-refractivity contribution in [2.45, 2.75) is 32.9 Å². The van der Waals surface area contributed by atoms with Gasteiger partial charge in [-0.3, -0.25) is 4.98 Å². The van der Waals surface area contributed by atoms with Crippen LogP contribution >= 0.6 is 31.9 Å². The average molecular weight is 414 g/mol. The maximum atomic E-state index is 6.01. The monoisotopic (exact) mass is 412 g/mol. The first kappa shape index (κ1) is 16.5. The van der Waals surface area contributed by atoms with Crippen molar-refractivity contribution >= 4 is 31.9 Å². The van der Waals surface area contributed by atoms with Crippen LogP contribution in [0.5, 0.6) is 11.5 Å². The fourth-order valence-corrected chi connectivity index (χ4v) is 2.81. The number of halogens is 2. The highest BCUT2D eigenvalue weighted by atomic mass is 79.9. The highest BCUT2D eigenvalue weighted by molar-refractivity contribution is 9.11. The summed E-state index contributed by atoms with van der Waals surface area (Å²) in [4.78, 5) is 4.18. The lowest BCUT2D eigenvalue weighted by Crippen LogP contribution is -2.35. The van der Waals surface area contributed by atoms with Gasteiger partial charge < -0.3 is 10.1 Å². The third-order valence-corrected chi connectivity index (χ3v) is 3.89. The van der Waals surface area contributed by atoms with Gasteiger partial charge in [0.25, 0.3) is 0 Å². The average Bonchev–Trinajstić information content (AvgIpc) is 2.40. The second-order valence-electron chi connectivity index (χ2n) is 5.76. The second-order valence-corrected chi connectivity index (χ2v) is 7.53. The van der Waals surface area contributed by atoms with E-state index in [0.29, 0.717) is 6.54 Å². The third-order valence-electron chi connectivity index (χ3n) is 2.78. The quantitative estimate of drug-likeness (QED) is 0.739. The van der Waals surface area contributed by atoms with Crippen LogP contribution in [0.2, 0.25) is 0 Å². The summed E-state index contributed by atoms with van der Waals surface area (Å²) < 4.78 is 7.92. The van der Waals surface area contributed by atoms with Crippen LogP contribution in [0.25, 0.3) is 0 Å². The van der Waals surface area contributed by atoms with Gasteiger partial charge in [0, 0.05) is 34.5 Å². The Balaban J connectivity index is 2.20. The summed E-state index contributed by atoms with van der Waals surface area (Å²) in [6.45, 7) is 7.11. The molecule has 1 N–H and O–H groups in total. The molecule has 0 spiro atoms. The molecule has 0 amide bonds. The van der Waals surface area contributed by atoms with E-state index in [0.717, 1.165) is 26.0 Å². The van der Waals surface area contributed by atoms with Gasteiger partial charge >= 0.3 is 0 Å². The fourth-order valence-electron chi connectivity index (χ4n) is 1.68. The first-order valence-electron chi connectivity index (χ1n) is 6.66. The Morgan fingerprint density at radius 1 is 1.14 bits per heavy atom. The van der Waals surface area contributed by atoms with Crippen molar-refractivity contribution in [3.63, 3.8) is 0 Å². The van der Waals surface area contributed by atoms with Crippen molar-refractivity contribution in [3.05, 3.63) is 51.2 Å². The summed E-state index contributed by atoms with van der Waals surface area (Å²) in [6, 6.07) is 7.72. The maximum absolute atomic E-state index is 6.01.